The lowest BCUT2D eigenvalue weighted by Crippen LogP contribution is -2.28. The van der Waals surface area contributed by atoms with Crippen molar-refractivity contribution in [3.63, 3.8) is 0 Å². The van der Waals surface area contributed by atoms with Crippen molar-refractivity contribution in [2.24, 2.45) is 13.0 Å². The molecule has 3 aromatic rings. The van der Waals surface area contributed by atoms with Crippen molar-refractivity contribution < 1.29 is 4.79 Å². The Bertz CT molecular complexity index is 871. The molecule has 1 aromatic carbocycles. The molecule has 0 spiro atoms. The summed E-state index contributed by atoms with van der Waals surface area (Å²) in [6.07, 6.45) is 3.85. The molecule has 25 heavy (non-hydrogen) atoms. The molecule has 1 aliphatic heterocycles. The maximum absolute atomic E-state index is 12.8. The minimum Gasteiger partial charge on any atom is -0.326 e. The minimum absolute atomic E-state index is 0.0576. The van der Waals surface area contributed by atoms with Gasteiger partial charge >= 0.3 is 0 Å². The zero-order valence-corrected chi connectivity index (χ0v) is 14.8. The first-order chi connectivity index (χ1) is 12.2. The van der Waals surface area contributed by atoms with E-state index in [1.807, 2.05) is 43.7 Å². The molecule has 6 heteroatoms. The van der Waals surface area contributed by atoms with E-state index < -0.39 is 0 Å². The fraction of sp³-hybridized carbons (Fsp3) is 0.263. The van der Waals surface area contributed by atoms with Gasteiger partial charge in [0, 0.05) is 42.8 Å². The number of benzene rings is 1. The summed E-state index contributed by atoms with van der Waals surface area (Å²) < 4.78 is 1.78. The van der Waals surface area contributed by atoms with Crippen LogP contribution in [0, 0.1) is 5.92 Å². The molecule has 0 unspecified atom stereocenters. The van der Waals surface area contributed by atoms with Crippen molar-refractivity contribution >= 4 is 22.9 Å². The number of hydrogen-bond acceptors (Lipinski definition) is 4. The van der Waals surface area contributed by atoms with Crippen LogP contribution in [-0.4, -0.2) is 28.8 Å². The third-order valence-electron chi connectivity index (χ3n) is 4.64. The molecule has 2 atom stereocenters. The van der Waals surface area contributed by atoms with Gasteiger partial charge in [-0.2, -0.15) is 5.10 Å². The minimum atomic E-state index is -0.0883. The summed E-state index contributed by atoms with van der Waals surface area (Å²) in [6.45, 7) is 1.50. The quantitative estimate of drug-likeness (QED) is 0.759. The van der Waals surface area contributed by atoms with Crippen molar-refractivity contribution in [1.82, 2.24) is 15.1 Å². The van der Waals surface area contributed by atoms with Crippen molar-refractivity contribution in [2.45, 2.75) is 5.92 Å². The maximum Gasteiger partial charge on any atom is 0.229 e. The molecule has 0 radical (unpaired) electrons. The van der Waals surface area contributed by atoms with Crippen molar-refractivity contribution in [3.8, 4) is 10.4 Å². The number of hydrogen-bond donors (Lipinski definition) is 2. The Balaban J connectivity index is 1.51. The smallest absolute Gasteiger partial charge is 0.229 e. The SMILES string of the molecule is Cn1cc([C@H]2CNC[C@@H]2C(=O)Nc2cccc(-c3cccs3)c2)cn1. The standard InChI is InChI=1S/C19H20N4OS/c1-23-12-14(9-21-23)16-10-20-11-17(16)19(24)22-15-5-2-4-13(8-15)18-6-3-7-25-18/h2-9,12,16-17,20H,10-11H2,1H3,(H,22,24)/t16-,17+/m1/s1. The van der Waals surface area contributed by atoms with E-state index in [1.54, 1.807) is 16.0 Å². The molecule has 0 bridgehead atoms. The van der Waals surface area contributed by atoms with Crippen LogP contribution in [-0.2, 0) is 11.8 Å². The van der Waals surface area contributed by atoms with Crippen LogP contribution < -0.4 is 10.6 Å². The molecule has 1 aliphatic rings. The molecule has 3 heterocycles. The molecule has 1 fully saturated rings. The Labute approximate surface area is 150 Å². The normalized spacial score (nSPS) is 19.9. The fourth-order valence-electron chi connectivity index (χ4n) is 3.36. The lowest BCUT2D eigenvalue weighted by Gasteiger charge is -2.17. The second-order valence-corrected chi connectivity index (χ2v) is 7.31. The van der Waals surface area contributed by atoms with Crippen LogP contribution in [0.4, 0.5) is 5.69 Å². The molecule has 1 amide bonds. The van der Waals surface area contributed by atoms with Gasteiger partial charge in [-0.25, -0.2) is 0 Å². The average Bonchev–Trinajstić information content (AvgIpc) is 3.36. The number of aromatic nitrogens is 2. The van der Waals surface area contributed by atoms with E-state index in [4.69, 9.17) is 0 Å². The molecule has 0 saturated carbocycles. The first kappa shape index (κ1) is 16.1. The summed E-state index contributed by atoms with van der Waals surface area (Å²) in [5.41, 5.74) is 3.08. The summed E-state index contributed by atoms with van der Waals surface area (Å²) in [4.78, 5) is 14.0. The fourth-order valence-corrected chi connectivity index (χ4v) is 4.09. The Morgan fingerprint density at radius 2 is 2.24 bits per heavy atom. The average molecular weight is 352 g/mol. The zero-order valence-electron chi connectivity index (χ0n) is 14.0. The number of anilines is 1. The van der Waals surface area contributed by atoms with E-state index in [9.17, 15) is 4.79 Å². The van der Waals surface area contributed by atoms with Gasteiger partial charge in [-0.15, -0.1) is 11.3 Å². The van der Waals surface area contributed by atoms with Gasteiger partial charge in [0.15, 0.2) is 0 Å². The van der Waals surface area contributed by atoms with Gasteiger partial charge in [-0.3, -0.25) is 9.48 Å². The third kappa shape index (κ3) is 3.36. The number of aryl methyl sites for hydroxylation is 1. The summed E-state index contributed by atoms with van der Waals surface area (Å²) >= 11 is 1.70. The van der Waals surface area contributed by atoms with Crippen LogP contribution in [0.15, 0.2) is 54.2 Å². The van der Waals surface area contributed by atoms with Gasteiger partial charge in [0.1, 0.15) is 0 Å². The van der Waals surface area contributed by atoms with E-state index in [2.05, 4.69) is 33.2 Å². The molecule has 0 aliphatic carbocycles. The number of carbonyl (C=O) groups excluding carboxylic acids is 1. The van der Waals surface area contributed by atoms with Gasteiger partial charge in [-0.1, -0.05) is 18.2 Å². The first-order valence-corrected chi connectivity index (χ1v) is 9.23. The Hall–Kier alpha value is -2.44. The molecule has 5 nitrogen and oxygen atoms in total. The van der Waals surface area contributed by atoms with Crippen LogP contribution in [0.25, 0.3) is 10.4 Å². The number of nitrogens with zero attached hydrogens (tertiary/aromatic N) is 2. The number of amides is 1. The Kier molecular flexibility index (Phi) is 4.38. The lowest BCUT2D eigenvalue weighted by atomic mass is 9.90. The van der Waals surface area contributed by atoms with Crippen molar-refractivity contribution in [2.75, 3.05) is 18.4 Å². The predicted molar refractivity (Wildman–Crippen MR) is 101 cm³/mol. The van der Waals surface area contributed by atoms with Gasteiger partial charge in [0.2, 0.25) is 5.91 Å². The summed E-state index contributed by atoms with van der Waals surface area (Å²) in [6, 6.07) is 12.1. The molecular formula is C19H20N4OS. The topological polar surface area (TPSA) is 59.0 Å². The maximum atomic E-state index is 12.8. The van der Waals surface area contributed by atoms with Gasteiger partial charge in [-0.05, 0) is 34.7 Å². The summed E-state index contributed by atoms with van der Waals surface area (Å²) in [5, 5.41) is 12.7. The zero-order chi connectivity index (χ0) is 17.2. The second kappa shape index (κ2) is 6.82. The van der Waals surface area contributed by atoms with Crippen LogP contribution in [0.5, 0.6) is 0 Å². The summed E-state index contributed by atoms with van der Waals surface area (Å²) in [5.74, 6) is 0.131. The monoisotopic (exact) mass is 352 g/mol. The number of carbonyl (C=O) groups is 1. The van der Waals surface area contributed by atoms with Gasteiger partial charge in [0.05, 0.1) is 12.1 Å². The van der Waals surface area contributed by atoms with Crippen LogP contribution in [0.3, 0.4) is 0 Å². The van der Waals surface area contributed by atoms with Gasteiger partial charge < -0.3 is 10.6 Å². The second-order valence-electron chi connectivity index (χ2n) is 6.37. The summed E-state index contributed by atoms with van der Waals surface area (Å²) in [7, 11) is 1.90. The van der Waals surface area contributed by atoms with E-state index >= 15 is 0 Å². The molecule has 128 valence electrons. The highest BCUT2D eigenvalue weighted by Gasteiger charge is 2.34. The molecule has 1 saturated heterocycles. The highest BCUT2D eigenvalue weighted by molar-refractivity contribution is 7.13. The van der Waals surface area contributed by atoms with Crippen molar-refractivity contribution in [1.29, 1.82) is 0 Å². The predicted octanol–water partition coefficient (Wildman–Crippen LogP) is 3.09. The van der Waals surface area contributed by atoms with Gasteiger partial charge in [0.25, 0.3) is 0 Å². The van der Waals surface area contributed by atoms with E-state index in [1.165, 1.54) is 4.88 Å². The van der Waals surface area contributed by atoms with Crippen LogP contribution in [0.2, 0.25) is 0 Å². The Morgan fingerprint density at radius 3 is 3.00 bits per heavy atom. The van der Waals surface area contributed by atoms with E-state index in [0.717, 1.165) is 23.4 Å². The first-order valence-electron chi connectivity index (χ1n) is 8.35. The largest absolute Gasteiger partial charge is 0.326 e. The number of rotatable bonds is 4. The third-order valence-corrected chi connectivity index (χ3v) is 5.56. The van der Waals surface area contributed by atoms with E-state index in [-0.39, 0.29) is 17.7 Å². The molecular weight excluding hydrogens is 332 g/mol. The van der Waals surface area contributed by atoms with E-state index in [0.29, 0.717) is 6.54 Å². The number of thiophene rings is 1. The van der Waals surface area contributed by atoms with Crippen molar-refractivity contribution in [3.05, 3.63) is 59.7 Å². The molecule has 2 aromatic heterocycles. The molecule has 2 N–H and O–H groups in total. The highest BCUT2D eigenvalue weighted by atomic mass is 32.1. The van der Waals surface area contributed by atoms with Crippen LogP contribution in [0.1, 0.15) is 11.5 Å². The Morgan fingerprint density at radius 1 is 1.32 bits per heavy atom. The lowest BCUT2D eigenvalue weighted by molar-refractivity contribution is -0.119. The van der Waals surface area contributed by atoms with Crippen LogP contribution >= 0.6 is 11.3 Å². The number of nitrogens with one attached hydrogen (secondary N) is 2. The molecule has 4 rings (SSSR count). The highest BCUT2D eigenvalue weighted by Crippen LogP contribution is 2.30.